The average molecular weight is 374 g/mol. The van der Waals surface area contributed by atoms with E-state index in [1.165, 1.54) is 30.4 Å². The number of aryl methyl sites for hydroxylation is 2. The van der Waals surface area contributed by atoms with Gasteiger partial charge in [-0.25, -0.2) is 0 Å². The van der Waals surface area contributed by atoms with Crippen molar-refractivity contribution in [3.8, 4) is 0 Å². The van der Waals surface area contributed by atoms with Crippen LogP contribution in [0.2, 0.25) is 0 Å². The Morgan fingerprint density at radius 1 is 1.04 bits per heavy atom. The monoisotopic (exact) mass is 373 g/mol. The first kappa shape index (κ1) is 17.9. The Morgan fingerprint density at radius 3 is 2.50 bits per heavy atom. The van der Waals surface area contributed by atoms with Crippen LogP contribution in [0.4, 0.5) is 0 Å². The Kier molecular flexibility index (Phi) is 5.50. The molecule has 0 aromatic heterocycles. The number of fused-ring (bicyclic) bond motifs is 1. The molecule has 26 heavy (non-hydrogen) atoms. The maximum Gasteiger partial charge on any atom is 0.240 e. The molecule has 2 amide bonds. The molecule has 1 atom stereocenters. The molecule has 1 N–H and O–H groups in total. The summed E-state index contributed by atoms with van der Waals surface area (Å²) in [4.78, 5) is 29.0. The van der Waals surface area contributed by atoms with Gasteiger partial charge < -0.3 is 9.80 Å². The van der Waals surface area contributed by atoms with Crippen LogP contribution < -0.4 is 5.32 Å². The average Bonchev–Trinajstić information content (AvgIpc) is 3.22. The van der Waals surface area contributed by atoms with Gasteiger partial charge in [-0.2, -0.15) is 0 Å². The van der Waals surface area contributed by atoms with Crippen LogP contribution in [0, 0.1) is 0 Å². The van der Waals surface area contributed by atoms with Gasteiger partial charge in [-0.1, -0.05) is 18.2 Å². The maximum atomic E-state index is 12.7. The number of amides is 2. The summed E-state index contributed by atoms with van der Waals surface area (Å²) in [7, 11) is 0. The van der Waals surface area contributed by atoms with E-state index < -0.39 is 0 Å². The van der Waals surface area contributed by atoms with Crippen molar-refractivity contribution >= 4 is 23.6 Å². The predicted octanol–water partition coefficient (Wildman–Crippen LogP) is 1.44. The lowest BCUT2D eigenvalue weighted by atomic mass is 9.90. The molecule has 2 saturated heterocycles. The molecular weight excluding hydrogens is 346 g/mol. The topological polar surface area (TPSA) is 52.7 Å². The summed E-state index contributed by atoms with van der Waals surface area (Å²) < 4.78 is 0. The lowest BCUT2D eigenvalue weighted by Crippen LogP contribution is -2.54. The van der Waals surface area contributed by atoms with Crippen LogP contribution in [0.15, 0.2) is 18.2 Å². The van der Waals surface area contributed by atoms with Gasteiger partial charge in [-0.05, 0) is 42.4 Å². The van der Waals surface area contributed by atoms with Crippen molar-refractivity contribution in [2.45, 2.75) is 38.1 Å². The normalized spacial score (nSPS) is 23.0. The van der Waals surface area contributed by atoms with Crippen LogP contribution in [-0.4, -0.2) is 65.5 Å². The van der Waals surface area contributed by atoms with Crippen molar-refractivity contribution in [1.29, 1.82) is 0 Å². The molecular formula is C20H27N3O2S. The van der Waals surface area contributed by atoms with Crippen LogP contribution >= 0.6 is 11.8 Å². The number of carbonyl (C=O) groups is 2. The quantitative estimate of drug-likeness (QED) is 0.871. The number of thioether (sulfide) groups is 1. The minimum absolute atomic E-state index is 0.0438. The van der Waals surface area contributed by atoms with Crippen LogP contribution in [0.1, 0.15) is 29.5 Å². The van der Waals surface area contributed by atoms with E-state index in [2.05, 4.69) is 23.5 Å². The second-order valence-corrected chi connectivity index (χ2v) is 8.50. The molecule has 4 rings (SSSR count). The van der Waals surface area contributed by atoms with Gasteiger partial charge in [0, 0.05) is 37.8 Å². The number of nitrogens with one attached hydrogen (secondary N) is 1. The molecule has 2 heterocycles. The van der Waals surface area contributed by atoms with Gasteiger partial charge in [0.05, 0.1) is 12.5 Å². The summed E-state index contributed by atoms with van der Waals surface area (Å²) >= 11 is 1.77. The highest BCUT2D eigenvalue weighted by Crippen LogP contribution is 2.23. The second-order valence-electron chi connectivity index (χ2n) is 7.46. The molecule has 5 nitrogen and oxygen atoms in total. The Hall–Kier alpha value is -1.53. The Morgan fingerprint density at radius 2 is 1.77 bits per heavy atom. The fraction of sp³-hybridized carbons (Fsp3) is 0.600. The second kappa shape index (κ2) is 8.01. The summed E-state index contributed by atoms with van der Waals surface area (Å²) in [5.74, 6) is 2.09. The highest BCUT2D eigenvalue weighted by atomic mass is 32.2. The van der Waals surface area contributed by atoms with Gasteiger partial charge in [0.15, 0.2) is 0 Å². The van der Waals surface area contributed by atoms with Crippen molar-refractivity contribution in [2.75, 3.05) is 37.8 Å². The molecule has 3 aliphatic rings. The molecule has 0 bridgehead atoms. The summed E-state index contributed by atoms with van der Waals surface area (Å²) in [5.41, 5.74) is 4.01. The smallest absolute Gasteiger partial charge is 0.240 e. The molecule has 0 saturated carbocycles. The molecule has 1 aliphatic carbocycles. The van der Waals surface area contributed by atoms with Crippen LogP contribution in [0.5, 0.6) is 0 Å². The number of nitrogens with zero attached hydrogens (tertiary/aromatic N) is 2. The third kappa shape index (κ3) is 3.91. The molecule has 1 unspecified atom stereocenters. The third-order valence-electron chi connectivity index (χ3n) is 5.73. The minimum Gasteiger partial charge on any atom is -0.339 e. The molecule has 0 radical (unpaired) electrons. The number of hydrogen-bond donors (Lipinski definition) is 1. The van der Waals surface area contributed by atoms with Gasteiger partial charge in [-0.15, -0.1) is 11.8 Å². The zero-order chi connectivity index (χ0) is 17.9. The molecule has 1 aromatic rings. The van der Waals surface area contributed by atoms with Gasteiger partial charge in [-0.3, -0.25) is 14.9 Å². The maximum absolute atomic E-state index is 12.7. The Balaban J connectivity index is 1.30. The van der Waals surface area contributed by atoms with Gasteiger partial charge in [0.2, 0.25) is 11.8 Å². The highest BCUT2D eigenvalue weighted by molar-refractivity contribution is 7.99. The zero-order valence-electron chi connectivity index (χ0n) is 15.2. The molecule has 0 spiro atoms. The fourth-order valence-corrected chi connectivity index (χ4v) is 5.07. The summed E-state index contributed by atoms with van der Waals surface area (Å²) in [6.45, 7) is 2.60. The number of rotatable bonds is 3. The van der Waals surface area contributed by atoms with Crippen molar-refractivity contribution in [3.63, 3.8) is 0 Å². The number of benzene rings is 1. The van der Waals surface area contributed by atoms with E-state index in [0.717, 1.165) is 23.6 Å². The Bertz CT molecular complexity index is 680. The number of piperazine rings is 1. The van der Waals surface area contributed by atoms with Crippen molar-refractivity contribution < 1.29 is 9.59 Å². The fourth-order valence-electron chi connectivity index (χ4n) is 4.13. The summed E-state index contributed by atoms with van der Waals surface area (Å²) in [6.07, 6.45) is 5.33. The van der Waals surface area contributed by atoms with Crippen LogP contribution in [-0.2, 0) is 28.9 Å². The number of carbonyl (C=O) groups excluding carboxylic acids is 2. The Labute approximate surface area is 159 Å². The van der Waals surface area contributed by atoms with E-state index in [-0.39, 0.29) is 17.9 Å². The first-order valence-electron chi connectivity index (χ1n) is 9.69. The van der Waals surface area contributed by atoms with Crippen molar-refractivity contribution in [2.24, 2.45) is 0 Å². The summed E-state index contributed by atoms with van der Waals surface area (Å²) in [5, 5.41) is 3.24. The lowest BCUT2D eigenvalue weighted by Gasteiger charge is -2.36. The molecule has 6 heteroatoms. The molecule has 140 valence electrons. The van der Waals surface area contributed by atoms with Crippen LogP contribution in [0.3, 0.4) is 0 Å². The number of hydrogen-bond acceptors (Lipinski definition) is 4. The van der Waals surface area contributed by atoms with Gasteiger partial charge >= 0.3 is 0 Å². The van der Waals surface area contributed by atoms with E-state index >= 15 is 0 Å². The summed E-state index contributed by atoms with van der Waals surface area (Å²) in [6, 6.07) is 6.51. The van der Waals surface area contributed by atoms with E-state index in [0.29, 0.717) is 32.6 Å². The first-order chi connectivity index (χ1) is 12.7. The third-order valence-corrected chi connectivity index (χ3v) is 6.67. The van der Waals surface area contributed by atoms with E-state index in [1.54, 1.807) is 11.8 Å². The van der Waals surface area contributed by atoms with Crippen LogP contribution in [0.25, 0.3) is 0 Å². The largest absolute Gasteiger partial charge is 0.339 e. The minimum atomic E-state index is -0.0438. The van der Waals surface area contributed by atoms with E-state index in [9.17, 15) is 9.59 Å². The van der Waals surface area contributed by atoms with Crippen molar-refractivity contribution in [3.05, 3.63) is 34.9 Å². The lowest BCUT2D eigenvalue weighted by molar-refractivity contribution is -0.140. The van der Waals surface area contributed by atoms with Gasteiger partial charge in [0.25, 0.3) is 0 Å². The van der Waals surface area contributed by atoms with Crippen molar-refractivity contribution in [1.82, 2.24) is 15.1 Å². The van der Waals surface area contributed by atoms with E-state index in [4.69, 9.17) is 0 Å². The molecule has 2 fully saturated rings. The predicted molar refractivity (Wildman–Crippen MR) is 104 cm³/mol. The SMILES string of the molecule is O=C(Cc1ccc2c(c1)CCCC2)N1CCN(C(=O)C2CSCN2)CC1. The molecule has 1 aromatic carbocycles. The standard InChI is InChI=1S/C20H27N3O2S/c24-19(12-15-5-6-16-3-1-2-4-17(16)11-15)22-7-9-23(10-8-22)20(25)18-13-26-14-21-18/h5-6,11,18,21H,1-4,7-10,12-14H2. The highest BCUT2D eigenvalue weighted by Gasteiger charge is 2.30. The zero-order valence-corrected chi connectivity index (χ0v) is 16.0. The van der Waals surface area contributed by atoms with Gasteiger partial charge in [0.1, 0.15) is 0 Å². The first-order valence-corrected chi connectivity index (χ1v) is 10.8. The molecule has 2 aliphatic heterocycles. The van der Waals surface area contributed by atoms with E-state index in [1.807, 2.05) is 9.80 Å².